The number of carbonyl (C=O) groups excluding carboxylic acids is 1. The molecule has 0 aliphatic heterocycles. The van der Waals surface area contributed by atoms with Crippen molar-refractivity contribution in [1.82, 2.24) is 14.9 Å². The standard InChI is InChI=1S/C28H27N3O3/c1-19-6-4-7-22(14-19)18-31-13-5-8-24(28(31)33)27(32)30-17-23-11-12-26(29-16-23)34-25-15-20(2)9-10-21(25)3/h4-16H,17-18H2,1-3H3,(H,30,32). The van der Waals surface area contributed by atoms with Gasteiger partial charge in [-0.2, -0.15) is 0 Å². The maximum atomic E-state index is 12.9. The van der Waals surface area contributed by atoms with Crippen molar-refractivity contribution < 1.29 is 9.53 Å². The number of nitrogens with one attached hydrogen (secondary N) is 1. The van der Waals surface area contributed by atoms with Crippen LogP contribution in [0.15, 0.2) is 83.9 Å². The molecule has 0 unspecified atom stereocenters. The number of rotatable bonds is 7. The third-order valence-corrected chi connectivity index (χ3v) is 5.51. The van der Waals surface area contributed by atoms with Crippen LogP contribution < -0.4 is 15.6 Å². The Morgan fingerprint density at radius 2 is 1.76 bits per heavy atom. The molecule has 34 heavy (non-hydrogen) atoms. The van der Waals surface area contributed by atoms with Gasteiger partial charge >= 0.3 is 0 Å². The highest BCUT2D eigenvalue weighted by Crippen LogP contribution is 2.24. The summed E-state index contributed by atoms with van der Waals surface area (Å²) in [7, 11) is 0. The molecule has 172 valence electrons. The lowest BCUT2D eigenvalue weighted by Crippen LogP contribution is -2.32. The quantitative estimate of drug-likeness (QED) is 0.430. The molecule has 1 amide bonds. The van der Waals surface area contributed by atoms with Gasteiger partial charge in [0.25, 0.3) is 11.5 Å². The second kappa shape index (κ2) is 10.2. The van der Waals surface area contributed by atoms with Gasteiger partial charge in [-0.05, 0) is 61.2 Å². The summed E-state index contributed by atoms with van der Waals surface area (Å²) in [5.74, 6) is 0.824. The van der Waals surface area contributed by atoms with Crippen LogP contribution in [0.4, 0.5) is 0 Å². The van der Waals surface area contributed by atoms with E-state index in [0.717, 1.165) is 33.6 Å². The number of benzene rings is 2. The van der Waals surface area contributed by atoms with Crippen molar-refractivity contribution in [3.05, 3.63) is 123 Å². The van der Waals surface area contributed by atoms with E-state index in [1.807, 2.05) is 69.3 Å². The molecule has 0 fully saturated rings. The Morgan fingerprint density at radius 3 is 2.53 bits per heavy atom. The molecule has 0 atom stereocenters. The Hall–Kier alpha value is -4.19. The first-order valence-electron chi connectivity index (χ1n) is 11.1. The molecule has 0 saturated carbocycles. The van der Waals surface area contributed by atoms with Gasteiger partial charge in [0.2, 0.25) is 5.88 Å². The maximum Gasteiger partial charge on any atom is 0.263 e. The minimum atomic E-state index is -0.417. The number of hydrogen-bond donors (Lipinski definition) is 1. The van der Waals surface area contributed by atoms with Crippen LogP contribution in [0.25, 0.3) is 0 Å². The first-order chi connectivity index (χ1) is 16.4. The molecule has 2 heterocycles. The number of aryl methyl sites for hydroxylation is 3. The van der Waals surface area contributed by atoms with Gasteiger partial charge in [-0.3, -0.25) is 9.59 Å². The van der Waals surface area contributed by atoms with Gasteiger partial charge in [0.15, 0.2) is 0 Å². The molecule has 0 radical (unpaired) electrons. The van der Waals surface area contributed by atoms with Crippen LogP contribution in [0, 0.1) is 20.8 Å². The molecule has 0 saturated heterocycles. The minimum Gasteiger partial charge on any atom is -0.439 e. The fourth-order valence-corrected chi connectivity index (χ4v) is 3.62. The van der Waals surface area contributed by atoms with Gasteiger partial charge < -0.3 is 14.6 Å². The maximum absolute atomic E-state index is 12.9. The summed E-state index contributed by atoms with van der Waals surface area (Å²) in [4.78, 5) is 29.9. The first-order valence-corrected chi connectivity index (χ1v) is 11.1. The molecule has 2 aromatic heterocycles. The molecule has 0 bridgehead atoms. The van der Waals surface area contributed by atoms with E-state index in [-0.39, 0.29) is 17.7 Å². The van der Waals surface area contributed by atoms with Gasteiger partial charge in [0.1, 0.15) is 11.3 Å². The number of amides is 1. The predicted molar refractivity (Wildman–Crippen MR) is 132 cm³/mol. The molecule has 0 spiro atoms. The topological polar surface area (TPSA) is 73.2 Å². The highest BCUT2D eigenvalue weighted by Gasteiger charge is 2.12. The molecule has 4 aromatic rings. The second-order valence-electron chi connectivity index (χ2n) is 8.40. The van der Waals surface area contributed by atoms with Gasteiger partial charge in [-0.25, -0.2) is 4.98 Å². The van der Waals surface area contributed by atoms with Crippen molar-refractivity contribution in [3.63, 3.8) is 0 Å². The highest BCUT2D eigenvalue weighted by molar-refractivity contribution is 5.93. The number of pyridine rings is 2. The van der Waals surface area contributed by atoms with Crippen LogP contribution in [0.3, 0.4) is 0 Å². The SMILES string of the molecule is Cc1cccc(Cn2cccc(C(=O)NCc3ccc(Oc4cc(C)ccc4C)nc3)c2=O)c1. The van der Waals surface area contributed by atoms with Crippen LogP contribution >= 0.6 is 0 Å². The first kappa shape index (κ1) is 23.0. The van der Waals surface area contributed by atoms with Crippen LogP contribution in [0.2, 0.25) is 0 Å². The number of ether oxygens (including phenoxy) is 1. The minimum absolute atomic E-state index is 0.109. The van der Waals surface area contributed by atoms with E-state index in [1.54, 1.807) is 35.2 Å². The summed E-state index contributed by atoms with van der Waals surface area (Å²) in [6.45, 7) is 6.66. The Balaban J connectivity index is 1.40. The zero-order chi connectivity index (χ0) is 24.1. The highest BCUT2D eigenvalue weighted by atomic mass is 16.5. The van der Waals surface area contributed by atoms with E-state index < -0.39 is 5.91 Å². The summed E-state index contributed by atoms with van der Waals surface area (Å²) in [6.07, 6.45) is 3.35. The summed E-state index contributed by atoms with van der Waals surface area (Å²) in [6, 6.07) is 20.8. The van der Waals surface area contributed by atoms with Crippen molar-refractivity contribution in [2.45, 2.75) is 33.9 Å². The summed E-state index contributed by atoms with van der Waals surface area (Å²) in [5.41, 5.74) is 4.86. The van der Waals surface area contributed by atoms with Crippen molar-refractivity contribution in [2.75, 3.05) is 0 Å². The monoisotopic (exact) mass is 453 g/mol. The smallest absolute Gasteiger partial charge is 0.263 e. The van der Waals surface area contributed by atoms with E-state index in [4.69, 9.17) is 4.74 Å². The zero-order valence-electron chi connectivity index (χ0n) is 19.5. The molecule has 0 aliphatic carbocycles. The van der Waals surface area contributed by atoms with Crippen molar-refractivity contribution in [1.29, 1.82) is 0 Å². The van der Waals surface area contributed by atoms with Crippen LogP contribution in [-0.2, 0) is 13.1 Å². The molecule has 2 aromatic carbocycles. The Labute approximate surface area is 198 Å². The van der Waals surface area contributed by atoms with E-state index in [1.165, 1.54) is 0 Å². The third kappa shape index (κ3) is 5.59. The molecule has 1 N–H and O–H groups in total. The third-order valence-electron chi connectivity index (χ3n) is 5.51. The molecular weight excluding hydrogens is 426 g/mol. The van der Waals surface area contributed by atoms with Crippen LogP contribution in [0.5, 0.6) is 11.6 Å². The molecule has 0 aliphatic rings. The average molecular weight is 454 g/mol. The number of carbonyl (C=O) groups is 1. The lowest BCUT2D eigenvalue weighted by molar-refractivity contribution is 0.0948. The Bertz CT molecular complexity index is 1370. The van der Waals surface area contributed by atoms with Crippen molar-refractivity contribution >= 4 is 5.91 Å². The normalized spacial score (nSPS) is 10.7. The van der Waals surface area contributed by atoms with Gasteiger partial charge in [-0.1, -0.05) is 48.0 Å². The molecular formula is C28H27N3O3. The molecule has 4 rings (SSSR count). The lowest BCUT2D eigenvalue weighted by Gasteiger charge is -2.10. The number of nitrogens with zero attached hydrogens (tertiary/aromatic N) is 2. The number of hydrogen-bond acceptors (Lipinski definition) is 4. The number of aromatic nitrogens is 2. The van der Waals surface area contributed by atoms with Crippen molar-refractivity contribution in [3.8, 4) is 11.6 Å². The molecule has 6 heteroatoms. The predicted octanol–water partition coefficient (Wildman–Crippen LogP) is 4.94. The largest absolute Gasteiger partial charge is 0.439 e. The fourth-order valence-electron chi connectivity index (χ4n) is 3.62. The average Bonchev–Trinajstić information content (AvgIpc) is 2.82. The Morgan fingerprint density at radius 1 is 0.941 bits per heavy atom. The van der Waals surface area contributed by atoms with Crippen molar-refractivity contribution in [2.24, 2.45) is 0 Å². The summed E-state index contributed by atoms with van der Waals surface area (Å²) < 4.78 is 7.43. The summed E-state index contributed by atoms with van der Waals surface area (Å²) >= 11 is 0. The van der Waals surface area contributed by atoms with Crippen LogP contribution in [-0.4, -0.2) is 15.5 Å². The fraction of sp³-hybridized carbons (Fsp3) is 0.179. The van der Waals surface area contributed by atoms with Gasteiger partial charge in [-0.15, -0.1) is 0 Å². The van der Waals surface area contributed by atoms with E-state index >= 15 is 0 Å². The second-order valence-corrected chi connectivity index (χ2v) is 8.40. The Kier molecular flexibility index (Phi) is 6.87. The summed E-state index contributed by atoms with van der Waals surface area (Å²) in [5, 5.41) is 2.81. The lowest BCUT2D eigenvalue weighted by atomic mass is 10.1. The van der Waals surface area contributed by atoms with Gasteiger partial charge in [0.05, 0.1) is 6.54 Å². The molecule has 6 nitrogen and oxygen atoms in total. The van der Waals surface area contributed by atoms with E-state index in [0.29, 0.717) is 12.4 Å². The zero-order valence-corrected chi connectivity index (χ0v) is 19.5. The van der Waals surface area contributed by atoms with Crippen LogP contribution in [0.1, 0.15) is 38.2 Å². The van der Waals surface area contributed by atoms with Gasteiger partial charge in [0, 0.05) is 25.0 Å². The van der Waals surface area contributed by atoms with E-state index in [9.17, 15) is 9.59 Å². The van der Waals surface area contributed by atoms with E-state index in [2.05, 4.69) is 10.3 Å².